The van der Waals surface area contributed by atoms with Gasteiger partial charge < -0.3 is 14.0 Å². The van der Waals surface area contributed by atoms with Gasteiger partial charge >= 0.3 is 21.6 Å². The summed E-state index contributed by atoms with van der Waals surface area (Å²) in [6, 6.07) is 4.24. The van der Waals surface area contributed by atoms with Gasteiger partial charge in [0.2, 0.25) is 0 Å². The van der Waals surface area contributed by atoms with Gasteiger partial charge in [-0.15, -0.1) is 0 Å². The number of benzene rings is 1. The van der Waals surface area contributed by atoms with Crippen molar-refractivity contribution in [2.24, 2.45) is 5.92 Å². The van der Waals surface area contributed by atoms with Crippen LogP contribution in [-0.2, 0) is 14.9 Å². The zero-order valence-electron chi connectivity index (χ0n) is 18.3. The number of halogens is 3. The lowest BCUT2D eigenvalue weighted by Crippen LogP contribution is -2.50. The van der Waals surface area contributed by atoms with Crippen molar-refractivity contribution in [2.45, 2.75) is 37.4 Å². The topological polar surface area (TPSA) is 115 Å². The standard InChI is InChI=1S/C21H21F3N2O7S/c1-20(2)8-11(10-32-3)18-14-6-12(33-34(30,31)21(22,23)24)4-5-13(14)16-7-17(27)15(19(28)29)9-25(16)26(18)20/h4-7,9,11,18H,8,10H2,1-3H3,(H,28,29). The van der Waals surface area contributed by atoms with Gasteiger partial charge in [-0.2, -0.15) is 21.6 Å². The van der Waals surface area contributed by atoms with E-state index in [1.807, 2.05) is 18.9 Å². The Morgan fingerprint density at radius 3 is 2.53 bits per heavy atom. The summed E-state index contributed by atoms with van der Waals surface area (Å²) < 4.78 is 72.9. The molecule has 0 bridgehead atoms. The summed E-state index contributed by atoms with van der Waals surface area (Å²) in [4.78, 5) is 24.1. The van der Waals surface area contributed by atoms with E-state index >= 15 is 0 Å². The second-order valence-corrected chi connectivity index (χ2v) is 10.4. The third-order valence-electron chi connectivity index (χ3n) is 6.07. The summed E-state index contributed by atoms with van der Waals surface area (Å²) >= 11 is 0. The highest BCUT2D eigenvalue weighted by molar-refractivity contribution is 7.88. The van der Waals surface area contributed by atoms with E-state index in [-0.39, 0.29) is 12.5 Å². The number of hydrogen-bond acceptors (Lipinski definition) is 7. The van der Waals surface area contributed by atoms with Crippen molar-refractivity contribution < 1.29 is 40.4 Å². The number of nitrogens with zero attached hydrogens (tertiary/aromatic N) is 2. The van der Waals surface area contributed by atoms with Crippen molar-refractivity contribution in [1.29, 1.82) is 0 Å². The van der Waals surface area contributed by atoms with Gasteiger partial charge in [-0.3, -0.25) is 14.5 Å². The number of carboxylic acid groups (broad SMARTS) is 1. The van der Waals surface area contributed by atoms with Crippen LogP contribution in [0, 0.1) is 5.92 Å². The van der Waals surface area contributed by atoms with Crippen LogP contribution < -0.4 is 14.6 Å². The molecule has 0 amide bonds. The predicted molar refractivity (Wildman–Crippen MR) is 114 cm³/mol. The highest BCUT2D eigenvalue weighted by Crippen LogP contribution is 2.51. The van der Waals surface area contributed by atoms with Gasteiger partial charge in [0.05, 0.1) is 23.9 Å². The van der Waals surface area contributed by atoms with Gasteiger partial charge in [0.25, 0.3) is 0 Å². The van der Waals surface area contributed by atoms with Crippen LogP contribution in [-0.4, -0.2) is 48.9 Å². The number of carbonyl (C=O) groups is 1. The first kappa shape index (κ1) is 24.1. The van der Waals surface area contributed by atoms with E-state index in [0.717, 1.165) is 12.1 Å². The minimum atomic E-state index is -5.89. The lowest BCUT2D eigenvalue weighted by molar-refractivity contribution is -0.0500. The Labute approximate surface area is 192 Å². The molecule has 0 spiro atoms. The fraction of sp³-hybridized carbons (Fsp3) is 0.429. The number of rotatable bonds is 5. The van der Waals surface area contributed by atoms with Gasteiger partial charge in [0.1, 0.15) is 11.3 Å². The van der Waals surface area contributed by atoms with Crippen molar-refractivity contribution in [3.8, 4) is 17.0 Å². The van der Waals surface area contributed by atoms with Gasteiger partial charge in [-0.1, -0.05) is 0 Å². The largest absolute Gasteiger partial charge is 0.534 e. The normalized spacial score (nSPS) is 20.9. The minimum absolute atomic E-state index is 0.186. The first-order valence-electron chi connectivity index (χ1n) is 10.1. The van der Waals surface area contributed by atoms with Crippen LogP contribution in [0.15, 0.2) is 35.3 Å². The lowest BCUT2D eigenvalue weighted by Gasteiger charge is -2.45. The molecule has 34 heavy (non-hydrogen) atoms. The van der Waals surface area contributed by atoms with Crippen LogP contribution >= 0.6 is 0 Å². The molecule has 13 heteroatoms. The van der Waals surface area contributed by atoms with Crippen molar-refractivity contribution >= 4 is 16.1 Å². The van der Waals surface area contributed by atoms with Crippen molar-refractivity contribution in [3.63, 3.8) is 0 Å². The Bertz CT molecular complexity index is 1330. The number of aromatic nitrogens is 1. The van der Waals surface area contributed by atoms with Crippen molar-refractivity contribution in [2.75, 3.05) is 18.7 Å². The van der Waals surface area contributed by atoms with E-state index in [0.29, 0.717) is 23.2 Å². The lowest BCUT2D eigenvalue weighted by atomic mass is 9.87. The van der Waals surface area contributed by atoms with Crippen LogP contribution in [0.5, 0.6) is 5.75 Å². The Morgan fingerprint density at radius 1 is 1.26 bits per heavy atom. The summed E-state index contributed by atoms with van der Waals surface area (Å²) in [5, 5.41) is 11.3. The summed E-state index contributed by atoms with van der Waals surface area (Å²) in [7, 11) is -4.39. The maximum Gasteiger partial charge on any atom is 0.534 e. The second kappa shape index (κ2) is 7.73. The molecule has 0 radical (unpaired) electrons. The third-order valence-corrected chi connectivity index (χ3v) is 7.05. The monoisotopic (exact) mass is 502 g/mol. The van der Waals surface area contributed by atoms with E-state index < -0.39 is 49.9 Å². The molecule has 9 nitrogen and oxygen atoms in total. The molecule has 0 aliphatic carbocycles. The summed E-state index contributed by atoms with van der Waals surface area (Å²) in [5.41, 5.74) is -6.18. The molecule has 1 fully saturated rings. The van der Waals surface area contributed by atoms with E-state index in [1.165, 1.54) is 25.4 Å². The Balaban J connectivity index is 1.96. The Morgan fingerprint density at radius 2 is 1.94 bits per heavy atom. The molecular formula is C21H21F3N2O7S. The smallest absolute Gasteiger partial charge is 0.477 e. The molecule has 2 unspecified atom stereocenters. The van der Waals surface area contributed by atoms with Crippen molar-refractivity contribution in [3.05, 3.63) is 51.8 Å². The molecule has 3 heterocycles. The zero-order chi connectivity index (χ0) is 25.2. The van der Waals surface area contributed by atoms with E-state index in [4.69, 9.17) is 4.74 Å². The van der Waals surface area contributed by atoms with Crippen LogP contribution in [0.25, 0.3) is 11.3 Å². The zero-order valence-corrected chi connectivity index (χ0v) is 19.1. The number of hydrogen-bond donors (Lipinski definition) is 1. The van der Waals surface area contributed by atoms with E-state index in [1.54, 1.807) is 4.68 Å². The van der Waals surface area contributed by atoms with Crippen LogP contribution in [0.2, 0.25) is 0 Å². The molecule has 1 aromatic carbocycles. The van der Waals surface area contributed by atoms with Gasteiger partial charge in [-0.05, 0) is 44.0 Å². The third kappa shape index (κ3) is 3.72. The number of carboxylic acids is 1. The summed E-state index contributed by atoms with van der Waals surface area (Å²) in [6.45, 7) is 4.08. The number of methoxy groups -OCH3 is 1. The average molecular weight is 502 g/mol. The van der Waals surface area contributed by atoms with Crippen LogP contribution in [0.1, 0.15) is 42.2 Å². The number of ether oxygens (including phenoxy) is 1. The molecule has 184 valence electrons. The van der Waals surface area contributed by atoms with Gasteiger partial charge in [0.15, 0.2) is 5.43 Å². The summed E-state index contributed by atoms with van der Waals surface area (Å²) in [6.07, 6.45) is 1.79. The molecule has 2 aromatic rings. The van der Waals surface area contributed by atoms with Crippen molar-refractivity contribution in [1.82, 2.24) is 4.68 Å². The van der Waals surface area contributed by atoms with Crippen LogP contribution in [0.4, 0.5) is 13.2 Å². The maximum absolute atomic E-state index is 12.9. The number of pyridine rings is 1. The molecule has 1 saturated heterocycles. The molecule has 1 aromatic heterocycles. The fourth-order valence-corrected chi connectivity index (χ4v) is 5.36. The predicted octanol–water partition coefficient (Wildman–Crippen LogP) is 2.88. The average Bonchev–Trinajstić information content (AvgIpc) is 2.97. The van der Waals surface area contributed by atoms with Crippen LogP contribution in [0.3, 0.4) is 0 Å². The van der Waals surface area contributed by atoms with Gasteiger partial charge in [0, 0.05) is 30.9 Å². The second-order valence-electron chi connectivity index (χ2n) is 8.84. The van der Waals surface area contributed by atoms with Gasteiger partial charge in [-0.25, -0.2) is 4.79 Å². The molecule has 1 N–H and O–H groups in total. The molecule has 0 saturated carbocycles. The minimum Gasteiger partial charge on any atom is -0.477 e. The maximum atomic E-state index is 12.9. The summed E-state index contributed by atoms with van der Waals surface area (Å²) in [5.74, 6) is -2.11. The first-order chi connectivity index (χ1) is 15.7. The Kier molecular flexibility index (Phi) is 5.48. The number of alkyl halides is 3. The van der Waals surface area contributed by atoms with E-state index in [2.05, 4.69) is 4.18 Å². The number of fused-ring (bicyclic) bond motifs is 6. The molecule has 2 aliphatic rings. The molecular weight excluding hydrogens is 481 g/mol. The number of aromatic carboxylic acids is 1. The fourth-order valence-electron chi connectivity index (χ4n) is 4.91. The quantitative estimate of drug-likeness (QED) is 0.490. The molecule has 4 rings (SSSR count). The first-order valence-corrected chi connectivity index (χ1v) is 11.5. The van der Waals surface area contributed by atoms with E-state index in [9.17, 15) is 36.3 Å². The SMILES string of the molecule is COCC1CC(C)(C)N2C1c1cc(OS(=O)(=O)C(F)(F)F)ccc1-c1cc(=O)c(C(=O)O)cn12. The highest BCUT2D eigenvalue weighted by atomic mass is 32.2. The highest BCUT2D eigenvalue weighted by Gasteiger charge is 2.51. The molecule has 2 aliphatic heterocycles. The molecule has 2 atom stereocenters. The Hall–Kier alpha value is -3.06.